The summed E-state index contributed by atoms with van der Waals surface area (Å²) in [4.78, 5) is 4.19. The van der Waals surface area contributed by atoms with Crippen LogP contribution in [0.4, 0.5) is 0 Å². The Morgan fingerprint density at radius 3 is 2.72 bits per heavy atom. The SMILES string of the molecule is C1=C(c2cccnc2)CCC2(C1)CCCN2.CC. The number of allylic oxidation sites excluding steroid dienone is 1. The van der Waals surface area contributed by atoms with Gasteiger partial charge in [0.1, 0.15) is 0 Å². The third-order valence-corrected chi connectivity index (χ3v) is 3.98. The highest BCUT2D eigenvalue weighted by Gasteiger charge is 2.34. The van der Waals surface area contributed by atoms with Crippen molar-refractivity contribution in [3.8, 4) is 0 Å². The normalized spacial score (nSPS) is 26.4. The molecule has 2 heteroatoms. The van der Waals surface area contributed by atoms with Crippen LogP contribution in [0.25, 0.3) is 5.57 Å². The smallest absolute Gasteiger partial charge is 0.0342 e. The Balaban J connectivity index is 0.000000574. The zero-order valence-electron chi connectivity index (χ0n) is 11.6. The van der Waals surface area contributed by atoms with Gasteiger partial charge in [0.25, 0.3) is 0 Å². The molecule has 1 saturated heterocycles. The molecule has 1 aliphatic heterocycles. The summed E-state index contributed by atoms with van der Waals surface area (Å²) in [6.07, 6.45) is 12.6. The Hall–Kier alpha value is -1.15. The molecule has 2 aliphatic rings. The number of hydrogen-bond acceptors (Lipinski definition) is 2. The molecule has 1 aromatic heterocycles. The van der Waals surface area contributed by atoms with E-state index in [1.165, 1.54) is 49.8 Å². The van der Waals surface area contributed by atoms with Gasteiger partial charge in [-0.3, -0.25) is 4.98 Å². The minimum absolute atomic E-state index is 0.436. The maximum Gasteiger partial charge on any atom is 0.0342 e. The van der Waals surface area contributed by atoms with E-state index < -0.39 is 0 Å². The lowest BCUT2D eigenvalue weighted by molar-refractivity contribution is 0.347. The van der Waals surface area contributed by atoms with Crippen molar-refractivity contribution in [2.24, 2.45) is 0 Å². The monoisotopic (exact) mass is 244 g/mol. The Labute approximate surface area is 111 Å². The number of hydrogen-bond donors (Lipinski definition) is 1. The molecule has 1 atom stereocenters. The highest BCUT2D eigenvalue weighted by atomic mass is 15.0. The van der Waals surface area contributed by atoms with Crippen molar-refractivity contribution in [1.82, 2.24) is 10.3 Å². The van der Waals surface area contributed by atoms with Crippen molar-refractivity contribution in [2.45, 2.75) is 51.5 Å². The van der Waals surface area contributed by atoms with Gasteiger partial charge in [0.15, 0.2) is 0 Å². The van der Waals surface area contributed by atoms with Gasteiger partial charge >= 0.3 is 0 Å². The molecule has 0 saturated carbocycles. The fourth-order valence-corrected chi connectivity index (χ4v) is 2.97. The first-order chi connectivity index (χ1) is 8.88. The molecule has 1 fully saturated rings. The molecule has 0 amide bonds. The predicted molar refractivity (Wildman–Crippen MR) is 77.4 cm³/mol. The van der Waals surface area contributed by atoms with E-state index in [1.54, 1.807) is 0 Å². The predicted octanol–water partition coefficient (Wildman–Crippen LogP) is 3.80. The van der Waals surface area contributed by atoms with E-state index in [9.17, 15) is 0 Å². The molecule has 1 N–H and O–H groups in total. The van der Waals surface area contributed by atoms with E-state index >= 15 is 0 Å². The summed E-state index contributed by atoms with van der Waals surface area (Å²) in [5.41, 5.74) is 3.22. The van der Waals surface area contributed by atoms with Crippen LogP contribution < -0.4 is 5.32 Å². The van der Waals surface area contributed by atoms with Crippen LogP contribution in [-0.2, 0) is 0 Å². The number of rotatable bonds is 1. The van der Waals surface area contributed by atoms with Gasteiger partial charge < -0.3 is 5.32 Å². The zero-order chi connectivity index (χ0) is 12.8. The first-order valence-corrected chi connectivity index (χ1v) is 7.23. The van der Waals surface area contributed by atoms with Gasteiger partial charge in [-0.1, -0.05) is 26.0 Å². The topological polar surface area (TPSA) is 24.9 Å². The molecule has 3 rings (SSSR count). The average Bonchev–Trinajstić information content (AvgIpc) is 2.91. The van der Waals surface area contributed by atoms with Crippen molar-refractivity contribution in [1.29, 1.82) is 0 Å². The largest absolute Gasteiger partial charge is 0.311 e. The molecule has 0 radical (unpaired) electrons. The van der Waals surface area contributed by atoms with E-state index in [0.29, 0.717) is 5.54 Å². The maximum absolute atomic E-state index is 4.19. The minimum Gasteiger partial charge on any atom is -0.311 e. The van der Waals surface area contributed by atoms with Crippen LogP contribution in [0.1, 0.15) is 51.5 Å². The Morgan fingerprint density at radius 2 is 2.17 bits per heavy atom. The highest BCUT2D eigenvalue weighted by molar-refractivity contribution is 5.65. The summed E-state index contributed by atoms with van der Waals surface area (Å²) in [5.74, 6) is 0. The molecular weight excluding hydrogens is 220 g/mol. The summed E-state index contributed by atoms with van der Waals surface area (Å²) < 4.78 is 0. The summed E-state index contributed by atoms with van der Waals surface area (Å²) in [5, 5.41) is 3.68. The van der Waals surface area contributed by atoms with Crippen LogP contribution in [0.5, 0.6) is 0 Å². The van der Waals surface area contributed by atoms with Crippen LogP contribution >= 0.6 is 0 Å². The molecule has 1 spiro atoms. The maximum atomic E-state index is 4.19. The molecule has 98 valence electrons. The van der Waals surface area contributed by atoms with Gasteiger partial charge in [0.2, 0.25) is 0 Å². The lowest BCUT2D eigenvalue weighted by atomic mass is 9.80. The van der Waals surface area contributed by atoms with E-state index in [1.807, 2.05) is 32.3 Å². The van der Waals surface area contributed by atoms with E-state index in [4.69, 9.17) is 0 Å². The molecule has 2 nitrogen and oxygen atoms in total. The van der Waals surface area contributed by atoms with Crippen LogP contribution in [-0.4, -0.2) is 17.1 Å². The molecule has 1 unspecified atom stereocenters. The quantitative estimate of drug-likeness (QED) is 0.813. The molecule has 1 aromatic rings. The Kier molecular flexibility index (Phi) is 4.54. The van der Waals surface area contributed by atoms with E-state index in [-0.39, 0.29) is 0 Å². The van der Waals surface area contributed by atoms with Crippen molar-refractivity contribution in [2.75, 3.05) is 6.54 Å². The molecule has 18 heavy (non-hydrogen) atoms. The van der Waals surface area contributed by atoms with Crippen LogP contribution in [0, 0.1) is 0 Å². The fraction of sp³-hybridized carbons (Fsp3) is 0.562. The second-order valence-electron chi connectivity index (χ2n) is 4.99. The van der Waals surface area contributed by atoms with Crippen molar-refractivity contribution in [3.63, 3.8) is 0 Å². The summed E-state index contributed by atoms with van der Waals surface area (Å²) in [7, 11) is 0. The summed E-state index contributed by atoms with van der Waals surface area (Å²) in [6.45, 7) is 5.20. The van der Waals surface area contributed by atoms with Crippen molar-refractivity contribution in [3.05, 3.63) is 36.2 Å². The first kappa shape index (κ1) is 13.3. The van der Waals surface area contributed by atoms with Crippen molar-refractivity contribution >= 4 is 5.57 Å². The van der Waals surface area contributed by atoms with Gasteiger partial charge in [0.05, 0.1) is 0 Å². The number of nitrogens with zero attached hydrogens (tertiary/aromatic N) is 1. The van der Waals surface area contributed by atoms with E-state index in [2.05, 4.69) is 22.4 Å². The molecule has 1 aliphatic carbocycles. The lowest BCUT2D eigenvalue weighted by Gasteiger charge is -2.33. The second-order valence-corrected chi connectivity index (χ2v) is 4.99. The molecule has 0 bridgehead atoms. The first-order valence-electron chi connectivity index (χ1n) is 7.23. The van der Waals surface area contributed by atoms with Gasteiger partial charge in [-0.2, -0.15) is 0 Å². The fourth-order valence-electron chi connectivity index (χ4n) is 2.97. The molecular formula is C16H24N2. The van der Waals surface area contributed by atoms with E-state index in [0.717, 1.165) is 0 Å². The Bertz CT molecular complexity index is 389. The highest BCUT2D eigenvalue weighted by Crippen LogP contribution is 2.37. The zero-order valence-corrected chi connectivity index (χ0v) is 11.6. The second kappa shape index (κ2) is 6.14. The van der Waals surface area contributed by atoms with Gasteiger partial charge in [-0.05, 0) is 55.9 Å². The number of aromatic nitrogens is 1. The van der Waals surface area contributed by atoms with Crippen LogP contribution in [0.2, 0.25) is 0 Å². The van der Waals surface area contributed by atoms with Gasteiger partial charge in [0, 0.05) is 17.9 Å². The van der Waals surface area contributed by atoms with Crippen molar-refractivity contribution < 1.29 is 0 Å². The number of nitrogens with one attached hydrogen (secondary N) is 1. The molecule has 2 heterocycles. The third-order valence-electron chi connectivity index (χ3n) is 3.98. The van der Waals surface area contributed by atoms with Gasteiger partial charge in [-0.15, -0.1) is 0 Å². The third kappa shape index (κ3) is 2.81. The number of pyridine rings is 1. The summed E-state index contributed by atoms with van der Waals surface area (Å²) in [6, 6.07) is 4.19. The van der Waals surface area contributed by atoms with Crippen LogP contribution in [0.3, 0.4) is 0 Å². The van der Waals surface area contributed by atoms with Crippen LogP contribution in [0.15, 0.2) is 30.6 Å². The molecule has 0 aromatic carbocycles. The van der Waals surface area contributed by atoms with Gasteiger partial charge in [-0.25, -0.2) is 0 Å². The standard InChI is InChI=1S/C14H18N2.C2H6/c1-3-13(11-15-9-1)12-4-7-14(8-5-12)6-2-10-16-14;1-2/h1,3-4,9,11,16H,2,5-8,10H2;1-2H3. The minimum atomic E-state index is 0.436. The summed E-state index contributed by atoms with van der Waals surface area (Å²) >= 11 is 0. The Morgan fingerprint density at radius 1 is 1.28 bits per heavy atom. The average molecular weight is 244 g/mol. The lowest BCUT2D eigenvalue weighted by Crippen LogP contribution is -2.40.